The number of carbonyl (C=O) groups excluding carboxylic acids is 1. The highest BCUT2D eigenvalue weighted by Crippen LogP contribution is 2.39. The molecule has 2 heterocycles. The lowest BCUT2D eigenvalue weighted by atomic mass is 9.86. The molecule has 0 fully saturated rings. The summed E-state index contributed by atoms with van der Waals surface area (Å²) in [5, 5.41) is 2.23. The number of hydrogen-bond acceptors (Lipinski definition) is 5. The minimum Gasteiger partial charge on any atom is -0.467 e. The van der Waals surface area contributed by atoms with Gasteiger partial charge in [-0.1, -0.05) is 31.2 Å². The van der Waals surface area contributed by atoms with Crippen LogP contribution in [-0.2, 0) is 37.8 Å². The quantitative estimate of drug-likeness (QED) is 0.457. The highest BCUT2D eigenvalue weighted by molar-refractivity contribution is 5.90. The van der Waals surface area contributed by atoms with Crippen molar-refractivity contribution in [3.63, 3.8) is 0 Å². The maximum atomic E-state index is 13.5. The summed E-state index contributed by atoms with van der Waals surface area (Å²) in [5.74, 6) is -0.536. The first-order valence-corrected chi connectivity index (χ1v) is 9.92. The summed E-state index contributed by atoms with van der Waals surface area (Å²) in [7, 11) is 4.31. The summed E-state index contributed by atoms with van der Waals surface area (Å²) < 4.78 is 17.8. The maximum Gasteiger partial charge on any atom is 0.342 e. The van der Waals surface area contributed by atoms with Crippen LogP contribution in [0.5, 0.6) is 0 Å². The molecule has 1 atom stereocenters. The number of ether oxygens (including phenoxy) is 3. The highest BCUT2D eigenvalue weighted by atomic mass is 16.6. The molecular formula is C24H25NO5. The van der Waals surface area contributed by atoms with Crippen molar-refractivity contribution in [3.05, 3.63) is 69.5 Å². The van der Waals surface area contributed by atoms with Crippen molar-refractivity contribution in [2.24, 2.45) is 0 Å². The lowest BCUT2D eigenvalue weighted by Gasteiger charge is -2.31. The zero-order chi connectivity index (χ0) is 21.5. The molecule has 0 bridgehead atoms. The van der Waals surface area contributed by atoms with Crippen LogP contribution < -0.4 is 5.56 Å². The van der Waals surface area contributed by atoms with Crippen LogP contribution in [0.2, 0.25) is 0 Å². The largest absolute Gasteiger partial charge is 0.467 e. The fourth-order valence-corrected chi connectivity index (χ4v) is 4.49. The van der Waals surface area contributed by atoms with Gasteiger partial charge in [0.2, 0.25) is 0 Å². The van der Waals surface area contributed by atoms with Crippen LogP contribution in [0.25, 0.3) is 22.0 Å². The Morgan fingerprint density at radius 3 is 2.40 bits per heavy atom. The van der Waals surface area contributed by atoms with Gasteiger partial charge < -0.3 is 18.8 Å². The molecule has 6 nitrogen and oxygen atoms in total. The van der Waals surface area contributed by atoms with Crippen molar-refractivity contribution in [2.45, 2.75) is 32.1 Å². The maximum absolute atomic E-state index is 13.5. The predicted octanol–water partition coefficient (Wildman–Crippen LogP) is 3.60. The molecule has 0 saturated heterocycles. The van der Waals surface area contributed by atoms with Gasteiger partial charge in [0, 0.05) is 30.9 Å². The Bertz CT molecular complexity index is 1190. The molecule has 0 amide bonds. The van der Waals surface area contributed by atoms with E-state index in [9.17, 15) is 9.59 Å². The van der Waals surface area contributed by atoms with E-state index in [1.165, 1.54) is 21.3 Å². The molecule has 1 aliphatic rings. The molecule has 30 heavy (non-hydrogen) atoms. The summed E-state index contributed by atoms with van der Waals surface area (Å²) >= 11 is 0. The first-order valence-electron chi connectivity index (χ1n) is 9.92. The number of nitrogens with zero attached hydrogens (tertiary/aromatic N) is 1. The zero-order valence-electron chi connectivity index (χ0n) is 17.7. The fraction of sp³-hybridized carbons (Fsp3) is 0.333. The van der Waals surface area contributed by atoms with E-state index in [0.717, 1.165) is 27.6 Å². The Balaban J connectivity index is 2.03. The van der Waals surface area contributed by atoms with Gasteiger partial charge in [-0.3, -0.25) is 4.79 Å². The van der Waals surface area contributed by atoms with E-state index in [4.69, 9.17) is 14.2 Å². The minimum atomic E-state index is -1.38. The minimum absolute atomic E-state index is 0.0782. The van der Waals surface area contributed by atoms with E-state index >= 15 is 0 Å². The van der Waals surface area contributed by atoms with Crippen molar-refractivity contribution >= 4 is 16.7 Å². The van der Waals surface area contributed by atoms with Crippen molar-refractivity contribution < 1.29 is 19.0 Å². The second kappa shape index (κ2) is 7.70. The number of rotatable bonds is 6. The number of benzene rings is 2. The van der Waals surface area contributed by atoms with Crippen molar-refractivity contribution in [1.82, 2.24) is 4.57 Å². The second-order valence-corrected chi connectivity index (χ2v) is 7.48. The smallest absolute Gasteiger partial charge is 0.342 e. The Kier molecular flexibility index (Phi) is 5.22. The van der Waals surface area contributed by atoms with Gasteiger partial charge in [0.15, 0.2) is 5.60 Å². The van der Waals surface area contributed by atoms with Crippen LogP contribution in [0, 0.1) is 0 Å². The van der Waals surface area contributed by atoms with E-state index in [-0.39, 0.29) is 12.2 Å². The third-order valence-electron chi connectivity index (χ3n) is 6.06. The Morgan fingerprint density at radius 1 is 1.10 bits per heavy atom. The molecule has 1 aliphatic heterocycles. The third kappa shape index (κ3) is 2.87. The van der Waals surface area contributed by atoms with Gasteiger partial charge in [-0.15, -0.1) is 0 Å². The molecule has 0 aliphatic carbocycles. The summed E-state index contributed by atoms with van der Waals surface area (Å²) in [6.45, 7) is 2.40. The van der Waals surface area contributed by atoms with Crippen molar-refractivity contribution in [2.75, 3.05) is 21.3 Å². The predicted molar refractivity (Wildman–Crippen MR) is 114 cm³/mol. The van der Waals surface area contributed by atoms with Gasteiger partial charge in [-0.05, 0) is 41.0 Å². The van der Waals surface area contributed by atoms with Gasteiger partial charge >= 0.3 is 5.97 Å². The summed E-state index contributed by atoms with van der Waals surface area (Å²) in [4.78, 5) is 26.3. The van der Waals surface area contributed by atoms with Gasteiger partial charge in [-0.2, -0.15) is 0 Å². The van der Waals surface area contributed by atoms with Crippen LogP contribution >= 0.6 is 0 Å². The molecule has 0 spiro atoms. The van der Waals surface area contributed by atoms with Crippen molar-refractivity contribution in [1.29, 1.82) is 0 Å². The molecule has 0 radical (unpaired) electrons. The zero-order valence-corrected chi connectivity index (χ0v) is 17.7. The van der Waals surface area contributed by atoms with Crippen LogP contribution in [0.4, 0.5) is 0 Å². The Labute approximate surface area is 175 Å². The number of aromatic nitrogens is 1. The Morgan fingerprint density at radius 2 is 1.80 bits per heavy atom. The third-order valence-corrected chi connectivity index (χ3v) is 6.06. The number of esters is 1. The topological polar surface area (TPSA) is 66.8 Å². The molecule has 156 valence electrons. The van der Waals surface area contributed by atoms with E-state index in [0.29, 0.717) is 24.1 Å². The number of carbonyl (C=O) groups is 1. The van der Waals surface area contributed by atoms with Crippen LogP contribution in [0.15, 0.2) is 47.3 Å². The van der Waals surface area contributed by atoms with E-state index in [2.05, 4.69) is 24.3 Å². The Hall–Kier alpha value is -2.96. The molecule has 0 N–H and O–H groups in total. The van der Waals surface area contributed by atoms with E-state index in [1.54, 1.807) is 4.57 Å². The van der Waals surface area contributed by atoms with E-state index < -0.39 is 11.6 Å². The molecule has 0 saturated carbocycles. The number of pyridine rings is 1. The molecule has 2 aromatic carbocycles. The number of hydrogen-bond donors (Lipinski definition) is 0. The normalized spacial score (nSPS) is 14.3. The SMILES string of the molecule is CCC(OC)(C(=O)OC)c1cc2n(c(=O)c1COC)Cc1cc3ccccc3cc1-2. The number of methoxy groups -OCH3 is 3. The highest BCUT2D eigenvalue weighted by Gasteiger charge is 2.43. The summed E-state index contributed by atoms with van der Waals surface area (Å²) in [6.07, 6.45) is 0.320. The van der Waals surface area contributed by atoms with Gasteiger partial charge in [0.25, 0.3) is 5.56 Å². The lowest BCUT2D eigenvalue weighted by molar-refractivity contribution is -0.168. The number of fused-ring (bicyclic) bond motifs is 4. The standard InChI is InChI=1S/C24H25NO5/c1-5-24(30-4,23(27)29-3)20-12-21-18-11-16-9-7-6-8-15(16)10-17(18)13-25(21)22(26)19(20)14-28-2/h6-12H,5,13-14H2,1-4H3. The monoisotopic (exact) mass is 407 g/mol. The molecule has 1 unspecified atom stereocenters. The molecular weight excluding hydrogens is 382 g/mol. The van der Waals surface area contributed by atoms with Crippen LogP contribution in [0.3, 0.4) is 0 Å². The molecule has 6 heteroatoms. The van der Waals surface area contributed by atoms with Crippen LogP contribution in [0.1, 0.15) is 30.0 Å². The molecule has 4 rings (SSSR count). The lowest BCUT2D eigenvalue weighted by Crippen LogP contribution is -2.41. The van der Waals surface area contributed by atoms with Crippen molar-refractivity contribution in [3.8, 4) is 11.3 Å². The van der Waals surface area contributed by atoms with Gasteiger partial charge in [0.1, 0.15) is 0 Å². The average molecular weight is 407 g/mol. The average Bonchev–Trinajstić information content (AvgIpc) is 3.13. The summed E-state index contributed by atoms with van der Waals surface area (Å²) in [6, 6.07) is 14.2. The summed E-state index contributed by atoms with van der Waals surface area (Å²) in [5.41, 5.74) is 2.19. The van der Waals surface area contributed by atoms with Gasteiger partial charge in [0.05, 0.1) is 26.0 Å². The van der Waals surface area contributed by atoms with Gasteiger partial charge in [-0.25, -0.2) is 4.79 Å². The first kappa shape index (κ1) is 20.3. The molecule has 1 aromatic heterocycles. The fourth-order valence-electron chi connectivity index (χ4n) is 4.49. The molecule has 3 aromatic rings. The van der Waals surface area contributed by atoms with Crippen LogP contribution in [-0.4, -0.2) is 31.9 Å². The first-order chi connectivity index (χ1) is 14.5. The van der Waals surface area contributed by atoms with E-state index in [1.807, 2.05) is 25.1 Å². The second-order valence-electron chi connectivity index (χ2n) is 7.48.